The number of amides is 2. The van der Waals surface area contributed by atoms with Crippen molar-refractivity contribution in [1.82, 2.24) is 15.7 Å². The smallest absolute Gasteiger partial charge is 0.289 e. The summed E-state index contributed by atoms with van der Waals surface area (Å²) in [7, 11) is 0. The number of carbonyl (C=O) groups is 2. The molecule has 3 aromatic rings. The predicted octanol–water partition coefficient (Wildman–Crippen LogP) is 4.67. The number of carbonyl (C=O) groups excluding carboxylic acids is 2. The minimum atomic E-state index is -0.364. The summed E-state index contributed by atoms with van der Waals surface area (Å²) in [5, 5.41) is 8.53. The van der Waals surface area contributed by atoms with Crippen LogP contribution in [0.15, 0.2) is 45.9 Å². The van der Waals surface area contributed by atoms with Crippen LogP contribution in [0.3, 0.4) is 0 Å². The number of para-hydroxylation sites is 1. The molecule has 2 aliphatic carbocycles. The fraction of sp³-hybridized carbons (Fsp3) is 0.385. The molecule has 2 aliphatic rings. The third-order valence-electron chi connectivity index (χ3n) is 6.60. The van der Waals surface area contributed by atoms with Crippen LogP contribution >= 0.6 is 0 Å². The Balaban J connectivity index is 1.35. The summed E-state index contributed by atoms with van der Waals surface area (Å²) in [5.41, 5.74) is 6.10. The highest BCUT2D eigenvalue weighted by Crippen LogP contribution is 2.30. The first-order chi connectivity index (χ1) is 16.1. The van der Waals surface area contributed by atoms with Crippen LogP contribution in [0.2, 0.25) is 0 Å². The molecular formula is C26H28N4O3. The molecule has 1 fully saturated rings. The van der Waals surface area contributed by atoms with Gasteiger partial charge in [-0.15, -0.1) is 0 Å². The molecule has 0 saturated heterocycles. The number of nitrogens with zero attached hydrogens (tertiary/aromatic N) is 2. The first kappa shape index (κ1) is 21.4. The van der Waals surface area contributed by atoms with Crippen molar-refractivity contribution in [3.63, 3.8) is 0 Å². The lowest BCUT2D eigenvalue weighted by molar-refractivity contribution is 0.0895. The van der Waals surface area contributed by atoms with Crippen molar-refractivity contribution >= 4 is 28.4 Å². The van der Waals surface area contributed by atoms with Gasteiger partial charge in [-0.05, 0) is 44.7 Å². The van der Waals surface area contributed by atoms with Crippen LogP contribution < -0.4 is 10.7 Å². The monoisotopic (exact) mass is 444 g/mol. The van der Waals surface area contributed by atoms with Crippen molar-refractivity contribution < 1.29 is 14.0 Å². The van der Waals surface area contributed by atoms with Gasteiger partial charge in [-0.2, -0.15) is 5.10 Å². The van der Waals surface area contributed by atoms with Gasteiger partial charge in [-0.25, -0.2) is 10.4 Å². The van der Waals surface area contributed by atoms with Gasteiger partial charge >= 0.3 is 0 Å². The van der Waals surface area contributed by atoms with Gasteiger partial charge in [-0.1, -0.05) is 43.5 Å². The minimum Gasteiger partial charge on any atom is -0.455 e. The van der Waals surface area contributed by atoms with Crippen LogP contribution in [0.25, 0.3) is 10.9 Å². The van der Waals surface area contributed by atoms with E-state index in [0.717, 1.165) is 72.0 Å². The summed E-state index contributed by atoms with van der Waals surface area (Å²) in [6.07, 6.45) is 7.91. The van der Waals surface area contributed by atoms with E-state index in [4.69, 9.17) is 4.42 Å². The van der Waals surface area contributed by atoms with Gasteiger partial charge in [-0.3, -0.25) is 9.59 Å². The molecule has 0 atom stereocenters. The third-order valence-corrected chi connectivity index (χ3v) is 6.60. The van der Waals surface area contributed by atoms with Crippen molar-refractivity contribution in [2.45, 2.75) is 64.3 Å². The van der Waals surface area contributed by atoms with E-state index in [9.17, 15) is 9.59 Å². The van der Waals surface area contributed by atoms with Crippen LogP contribution in [0, 0.1) is 6.92 Å². The standard InChI is InChI=1S/C26H28N4O3/c1-16-23-20(29-30-25(31)21-15-14-17-8-5-6-11-19(17)28-21)12-7-13-22(23)33-24(16)26(32)27-18-9-3-2-4-10-18/h5-6,8,11,14-15,18H,2-4,7,9-10,12-13H2,1H3,(H,27,32)(H,30,31)/b29-20+. The third kappa shape index (κ3) is 4.40. The first-order valence-electron chi connectivity index (χ1n) is 11.8. The molecule has 1 saturated carbocycles. The number of aryl methyl sites for hydroxylation is 1. The SMILES string of the molecule is Cc1c(C(=O)NC2CCCCC2)oc2c1/C(=N/NC(=O)c1ccc3ccccc3n1)CCC2. The number of hydrazone groups is 1. The molecule has 170 valence electrons. The van der Waals surface area contributed by atoms with Gasteiger partial charge in [0.1, 0.15) is 11.5 Å². The fourth-order valence-electron chi connectivity index (χ4n) is 4.86. The number of furan rings is 1. The number of aromatic nitrogens is 1. The van der Waals surface area contributed by atoms with Crippen molar-refractivity contribution in [1.29, 1.82) is 0 Å². The molecule has 0 radical (unpaired) electrons. The lowest BCUT2D eigenvalue weighted by Gasteiger charge is -2.22. The normalized spacial score (nSPS) is 17.7. The lowest BCUT2D eigenvalue weighted by atomic mass is 9.93. The first-order valence-corrected chi connectivity index (χ1v) is 11.8. The molecule has 2 amide bonds. The number of nitrogens with one attached hydrogen (secondary N) is 2. The summed E-state index contributed by atoms with van der Waals surface area (Å²) in [5.74, 6) is 0.612. The maximum absolute atomic E-state index is 12.9. The Hall–Kier alpha value is -3.48. The minimum absolute atomic E-state index is 0.155. The Morgan fingerprint density at radius 1 is 1.00 bits per heavy atom. The van der Waals surface area contributed by atoms with Gasteiger partial charge in [0.05, 0.1) is 11.2 Å². The van der Waals surface area contributed by atoms with E-state index < -0.39 is 0 Å². The van der Waals surface area contributed by atoms with Crippen LogP contribution in [-0.2, 0) is 6.42 Å². The van der Waals surface area contributed by atoms with Crippen molar-refractivity contribution in [2.75, 3.05) is 0 Å². The van der Waals surface area contributed by atoms with E-state index in [2.05, 4.69) is 20.8 Å². The summed E-state index contributed by atoms with van der Waals surface area (Å²) in [4.78, 5) is 30.0. The fourth-order valence-corrected chi connectivity index (χ4v) is 4.86. The van der Waals surface area contributed by atoms with E-state index in [0.29, 0.717) is 17.9 Å². The van der Waals surface area contributed by atoms with Crippen molar-refractivity contribution in [2.24, 2.45) is 5.10 Å². The maximum Gasteiger partial charge on any atom is 0.289 e. The number of hydrogen-bond donors (Lipinski definition) is 2. The molecule has 2 aromatic heterocycles. The van der Waals surface area contributed by atoms with Gasteiger partial charge < -0.3 is 9.73 Å². The van der Waals surface area contributed by atoms with Crippen molar-refractivity contribution in [3.8, 4) is 0 Å². The summed E-state index contributed by atoms with van der Waals surface area (Å²) in [6.45, 7) is 1.89. The topological polar surface area (TPSA) is 96.6 Å². The zero-order valence-corrected chi connectivity index (χ0v) is 18.8. The highest BCUT2D eigenvalue weighted by atomic mass is 16.4. The molecule has 2 N–H and O–H groups in total. The molecule has 2 heterocycles. The second-order valence-corrected chi connectivity index (χ2v) is 8.90. The second-order valence-electron chi connectivity index (χ2n) is 8.90. The number of benzene rings is 1. The molecule has 0 aliphatic heterocycles. The van der Waals surface area contributed by atoms with Crippen LogP contribution in [0.5, 0.6) is 0 Å². The Morgan fingerprint density at radius 2 is 1.82 bits per heavy atom. The molecule has 7 heteroatoms. The Morgan fingerprint density at radius 3 is 2.67 bits per heavy atom. The molecule has 0 bridgehead atoms. The van der Waals surface area contributed by atoms with Crippen molar-refractivity contribution in [3.05, 3.63) is 64.7 Å². The summed E-state index contributed by atoms with van der Waals surface area (Å²) >= 11 is 0. The summed E-state index contributed by atoms with van der Waals surface area (Å²) < 4.78 is 5.99. The molecule has 0 spiro atoms. The number of fused-ring (bicyclic) bond motifs is 2. The Kier molecular flexibility index (Phi) is 5.94. The van der Waals surface area contributed by atoms with E-state index >= 15 is 0 Å². The van der Waals surface area contributed by atoms with E-state index in [-0.39, 0.29) is 17.9 Å². The highest BCUT2D eigenvalue weighted by Gasteiger charge is 2.29. The quantitative estimate of drug-likeness (QED) is 0.572. The maximum atomic E-state index is 12.9. The average Bonchev–Trinajstić information content (AvgIpc) is 3.20. The van der Waals surface area contributed by atoms with Gasteiger partial charge in [0.2, 0.25) is 0 Å². The molecule has 0 unspecified atom stereocenters. The predicted molar refractivity (Wildman–Crippen MR) is 126 cm³/mol. The zero-order chi connectivity index (χ0) is 22.8. The highest BCUT2D eigenvalue weighted by molar-refractivity contribution is 6.07. The van der Waals surface area contributed by atoms with Gasteiger partial charge in [0, 0.05) is 29.0 Å². The number of rotatable bonds is 4. The van der Waals surface area contributed by atoms with E-state index in [1.54, 1.807) is 6.07 Å². The number of hydrogen-bond acceptors (Lipinski definition) is 5. The number of pyridine rings is 1. The molecular weight excluding hydrogens is 416 g/mol. The zero-order valence-electron chi connectivity index (χ0n) is 18.8. The van der Waals surface area contributed by atoms with E-state index in [1.165, 1.54) is 6.42 Å². The van der Waals surface area contributed by atoms with E-state index in [1.807, 2.05) is 37.3 Å². The van der Waals surface area contributed by atoms with Crippen LogP contribution in [-0.4, -0.2) is 28.6 Å². The average molecular weight is 445 g/mol. The lowest BCUT2D eigenvalue weighted by Crippen LogP contribution is -2.36. The largest absolute Gasteiger partial charge is 0.455 e. The molecule has 7 nitrogen and oxygen atoms in total. The van der Waals surface area contributed by atoms with Crippen LogP contribution in [0.4, 0.5) is 0 Å². The van der Waals surface area contributed by atoms with Crippen LogP contribution in [0.1, 0.15) is 82.9 Å². The Labute approximate surface area is 192 Å². The summed E-state index contributed by atoms with van der Waals surface area (Å²) in [6, 6.07) is 11.5. The molecule has 33 heavy (non-hydrogen) atoms. The van der Waals surface area contributed by atoms with Gasteiger partial charge in [0.15, 0.2) is 5.76 Å². The molecule has 5 rings (SSSR count). The molecule has 1 aromatic carbocycles. The Bertz CT molecular complexity index is 1240. The van der Waals surface area contributed by atoms with Gasteiger partial charge in [0.25, 0.3) is 11.8 Å². The second kappa shape index (κ2) is 9.17.